The van der Waals surface area contributed by atoms with Crippen LogP contribution in [0.2, 0.25) is 0 Å². The normalized spacial score (nSPS) is 10.4. The van der Waals surface area contributed by atoms with Gasteiger partial charge >= 0.3 is 0 Å². The lowest BCUT2D eigenvalue weighted by Gasteiger charge is -2.09. The molecule has 3 rings (SSSR count). The average Bonchev–Trinajstić information content (AvgIpc) is 2.63. The average molecular weight is 333 g/mol. The number of para-hydroxylation sites is 1. The molecule has 0 unspecified atom stereocenters. The number of benzene rings is 3. The molecule has 0 spiro atoms. The Hall–Kier alpha value is -3.27. The Labute approximate surface area is 146 Å². The zero-order valence-electron chi connectivity index (χ0n) is 13.9. The van der Waals surface area contributed by atoms with Gasteiger partial charge in [0.1, 0.15) is 0 Å². The Morgan fingerprint density at radius 1 is 0.880 bits per heavy atom. The summed E-state index contributed by atoms with van der Waals surface area (Å²) in [4.78, 5) is 12.1. The molecule has 4 nitrogen and oxygen atoms in total. The van der Waals surface area contributed by atoms with Crippen molar-refractivity contribution in [3.63, 3.8) is 0 Å². The third kappa shape index (κ3) is 3.80. The van der Waals surface area contributed by atoms with Crippen molar-refractivity contribution >= 4 is 5.91 Å². The molecular weight excluding hydrogens is 314 g/mol. The first-order valence-electron chi connectivity index (χ1n) is 8.00. The Balaban J connectivity index is 1.66. The van der Waals surface area contributed by atoms with Gasteiger partial charge < -0.3 is 15.5 Å². The van der Waals surface area contributed by atoms with Crippen LogP contribution in [0.1, 0.15) is 21.5 Å². The molecule has 0 bridgehead atoms. The summed E-state index contributed by atoms with van der Waals surface area (Å²) >= 11 is 0. The molecule has 0 heterocycles. The minimum atomic E-state index is -0.434. The molecule has 3 N–H and O–H groups in total. The molecule has 0 saturated heterocycles. The van der Waals surface area contributed by atoms with Gasteiger partial charge in [0.25, 0.3) is 5.91 Å². The minimum Gasteiger partial charge on any atom is -0.504 e. The largest absolute Gasteiger partial charge is 0.504 e. The summed E-state index contributed by atoms with van der Waals surface area (Å²) in [5.74, 6) is -1.15. The van der Waals surface area contributed by atoms with Crippen LogP contribution in [0.5, 0.6) is 11.5 Å². The van der Waals surface area contributed by atoms with Gasteiger partial charge in [-0.1, -0.05) is 60.2 Å². The van der Waals surface area contributed by atoms with Crippen LogP contribution in [0.3, 0.4) is 0 Å². The molecule has 3 aromatic carbocycles. The van der Waals surface area contributed by atoms with Crippen LogP contribution in [-0.2, 0) is 6.54 Å². The molecule has 0 aliphatic carbocycles. The quantitative estimate of drug-likeness (QED) is 0.632. The Kier molecular flexibility index (Phi) is 4.70. The number of nitrogens with one attached hydrogen (secondary N) is 1. The smallest absolute Gasteiger partial charge is 0.255 e. The summed E-state index contributed by atoms with van der Waals surface area (Å²) in [6.45, 7) is 2.39. The monoisotopic (exact) mass is 333 g/mol. The molecule has 0 aliphatic heterocycles. The van der Waals surface area contributed by atoms with Gasteiger partial charge in [0.15, 0.2) is 11.5 Å². The van der Waals surface area contributed by atoms with E-state index < -0.39 is 11.7 Å². The summed E-state index contributed by atoms with van der Waals surface area (Å²) in [6, 6.07) is 20.6. The van der Waals surface area contributed by atoms with E-state index in [-0.39, 0.29) is 11.3 Å². The van der Waals surface area contributed by atoms with Crippen LogP contribution >= 0.6 is 0 Å². The number of phenols is 2. The van der Waals surface area contributed by atoms with Gasteiger partial charge in [-0.15, -0.1) is 0 Å². The molecule has 0 aromatic heterocycles. The third-order valence-electron chi connectivity index (χ3n) is 4.05. The molecule has 0 saturated carbocycles. The van der Waals surface area contributed by atoms with Crippen molar-refractivity contribution in [3.05, 3.63) is 83.4 Å². The van der Waals surface area contributed by atoms with E-state index in [1.165, 1.54) is 23.8 Å². The first kappa shape index (κ1) is 16.6. The van der Waals surface area contributed by atoms with E-state index in [0.717, 1.165) is 16.7 Å². The predicted octanol–water partition coefficient (Wildman–Crippen LogP) is 4.00. The minimum absolute atomic E-state index is 0.0521. The maximum absolute atomic E-state index is 12.1. The van der Waals surface area contributed by atoms with Crippen LogP contribution < -0.4 is 5.32 Å². The van der Waals surface area contributed by atoms with E-state index >= 15 is 0 Å². The fraction of sp³-hybridized carbons (Fsp3) is 0.0952. The maximum atomic E-state index is 12.1. The molecule has 3 aromatic rings. The number of carbonyl (C=O) groups is 1. The van der Waals surface area contributed by atoms with Crippen molar-refractivity contribution in [1.82, 2.24) is 5.32 Å². The second kappa shape index (κ2) is 7.09. The van der Waals surface area contributed by atoms with Crippen LogP contribution in [-0.4, -0.2) is 16.1 Å². The van der Waals surface area contributed by atoms with Crippen molar-refractivity contribution in [1.29, 1.82) is 0 Å². The standard InChI is InChI=1S/C21H19NO3/c1-14-5-9-16(10-6-14)17-11-7-15(8-12-17)13-22-21(25)18-3-2-4-19(23)20(18)24/h2-12,23-24H,13H2,1H3,(H,22,25). The van der Waals surface area contributed by atoms with Crippen LogP contribution in [0.25, 0.3) is 11.1 Å². The number of aryl methyl sites for hydroxylation is 1. The van der Waals surface area contributed by atoms with Crippen LogP contribution in [0.15, 0.2) is 66.7 Å². The number of phenolic OH excluding ortho intramolecular Hbond substituents is 2. The first-order chi connectivity index (χ1) is 12.0. The number of aromatic hydroxyl groups is 2. The van der Waals surface area contributed by atoms with Crippen molar-refractivity contribution in [2.24, 2.45) is 0 Å². The van der Waals surface area contributed by atoms with Gasteiger partial charge in [-0.25, -0.2) is 0 Å². The number of rotatable bonds is 4. The van der Waals surface area contributed by atoms with Gasteiger partial charge in [0.05, 0.1) is 5.56 Å². The van der Waals surface area contributed by atoms with Gasteiger partial charge in [-0.3, -0.25) is 4.79 Å². The van der Waals surface area contributed by atoms with E-state index in [0.29, 0.717) is 6.54 Å². The molecule has 25 heavy (non-hydrogen) atoms. The van der Waals surface area contributed by atoms with Crippen molar-refractivity contribution in [2.45, 2.75) is 13.5 Å². The lowest BCUT2D eigenvalue weighted by Crippen LogP contribution is -2.22. The molecule has 0 radical (unpaired) electrons. The molecule has 4 heteroatoms. The lowest BCUT2D eigenvalue weighted by atomic mass is 10.0. The Morgan fingerprint density at radius 3 is 2.12 bits per heavy atom. The predicted molar refractivity (Wildman–Crippen MR) is 97.6 cm³/mol. The van der Waals surface area contributed by atoms with E-state index in [2.05, 4.69) is 36.5 Å². The SMILES string of the molecule is Cc1ccc(-c2ccc(CNC(=O)c3cccc(O)c3O)cc2)cc1. The van der Waals surface area contributed by atoms with Gasteiger partial charge in [0, 0.05) is 6.54 Å². The van der Waals surface area contributed by atoms with E-state index in [9.17, 15) is 15.0 Å². The highest BCUT2D eigenvalue weighted by atomic mass is 16.3. The summed E-state index contributed by atoms with van der Waals surface area (Å²) < 4.78 is 0. The lowest BCUT2D eigenvalue weighted by molar-refractivity contribution is 0.0947. The van der Waals surface area contributed by atoms with E-state index in [1.807, 2.05) is 24.3 Å². The van der Waals surface area contributed by atoms with Crippen LogP contribution in [0, 0.1) is 6.92 Å². The number of carbonyl (C=O) groups excluding carboxylic acids is 1. The van der Waals surface area contributed by atoms with Gasteiger partial charge in [-0.05, 0) is 35.7 Å². The summed E-state index contributed by atoms with van der Waals surface area (Å²) in [6.07, 6.45) is 0. The number of amides is 1. The van der Waals surface area contributed by atoms with E-state index in [1.54, 1.807) is 0 Å². The molecule has 126 valence electrons. The van der Waals surface area contributed by atoms with Crippen molar-refractivity contribution in [2.75, 3.05) is 0 Å². The molecule has 0 fully saturated rings. The number of hydrogen-bond donors (Lipinski definition) is 3. The van der Waals surface area contributed by atoms with Crippen molar-refractivity contribution < 1.29 is 15.0 Å². The highest BCUT2D eigenvalue weighted by molar-refractivity contribution is 5.97. The third-order valence-corrected chi connectivity index (χ3v) is 4.05. The van der Waals surface area contributed by atoms with Gasteiger partial charge in [0.2, 0.25) is 0 Å². The van der Waals surface area contributed by atoms with E-state index in [4.69, 9.17) is 0 Å². The maximum Gasteiger partial charge on any atom is 0.255 e. The second-order valence-electron chi connectivity index (χ2n) is 5.92. The summed E-state index contributed by atoms with van der Waals surface area (Å²) in [7, 11) is 0. The fourth-order valence-corrected chi connectivity index (χ4v) is 2.55. The highest BCUT2D eigenvalue weighted by Gasteiger charge is 2.13. The second-order valence-corrected chi connectivity index (χ2v) is 5.92. The Morgan fingerprint density at radius 2 is 1.48 bits per heavy atom. The number of hydrogen-bond acceptors (Lipinski definition) is 3. The fourth-order valence-electron chi connectivity index (χ4n) is 2.55. The van der Waals surface area contributed by atoms with Gasteiger partial charge in [-0.2, -0.15) is 0 Å². The topological polar surface area (TPSA) is 69.6 Å². The summed E-state index contributed by atoms with van der Waals surface area (Å²) in [5, 5.41) is 21.9. The van der Waals surface area contributed by atoms with Crippen molar-refractivity contribution in [3.8, 4) is 22.6 Å². The molecule has 0 aliphatic rings. The Bertz CT molecular complexity index is 884. The molecule has 1 amide bonds. The molecular formula is C21H19NO3. The first-order valence-corrected chi connectivity index (χ1v) is 8.00. The highest BCUT2D eigenvalue weighted by Crippen LogP contribution is 2.28. The zero-order chi connectivity index (χ0) is 17.8. The molecule has 0 atom stereocenters. The zero-order valence-corrected chi connectivity index (χ0v) is 13.9. The summed E-state index contributed by atoms with van der Waals surface area (Å²) in [5.41, 5.74) is 4.48. The van der Waals surface area contributed by atoms with Crippen LogP contribution in [0.4, 0.5) is 0 Å².